The van der Waals surface area contributed by atoms with Crippen LogP contribution in [0.5, 0.6) is 0 Å². The maximum absolute atomic E-state index is 12.3. The van der Waals surface area contributed by atoms with E-state index in [0.717, 1.165) is 0 Å². The average Bonchev–Trinajstić information content (AvgIpc) is 2.99. The van der Waals surface area contributed by atoms with Gasteiger partial charge in [-0.2, -0.15) is 5.10 Å². The summed E-state index contributed by atoms with van der Waals surface area (Å²) in [4.78, 5) is 12.3. The van der Waals surface area contributed by atoms with E-state index in [0.29, 0.717) is 22.9 Å². The Hall–Kier alpha value is -2.30. The van der Waals surface area contributed by atoms with Crippen molar-refractivity contribution in [3.63, 3.8) is 0 Å². The van der Waals surface area contributed by atoms with Crippen molar-refractivity contribution in [2.45, 2.75) is 13.5 Å². The van der Waals surface area contributed by atoms with Crippen LogP contribution in [0.2, 0.25) is 10.0 Å². The number of nitrogens with zero attached hydrogens (tertiary/aromatic N) is 2. The molecule has 0 bridgehead atoms. The number of carbonyl (C=O) groups is 1. The molecule has 0 aliphatic carbocycles. The normalized spacial score (nSPS) is 10.6. The van der Waals surface area contributed by atoms with E-state index in [9.17, 15) is 4.79 Å². The fourth-order valence-corrected chi connectivity index (χ4v) is 2.73. The Morgan fingerprint density at radius 1 is 1.12 bits per heavy atom. The van der Waals surface area contributed by atoms with E-state index in [2.05, 4.69) is 29.5 Å². The van der Waals surface area contributed by atoms with Crippen LogP contribution in [0, 0.1) is 6.92 Å². The first-order valence-corrected chi connectivity index (χ1v) is 8.13. The average molecular weight is 360 g/mol. The number of hydrogen-bond acceptors (Lipinski definition) is 2. The van der Waals surface area contributed by atoms with Gasteiger partial charge in [-0.25, -0.2) is 0 Å². The number of hydrogen-bond donors (Lipinski definition) is 1. The molecule has 3 rings (SSSR count). The van der Waals surface area contributed by atoms with E-state index in [1.54, 1.807) is 28.9 Å². The van der Waals surface area contributed by atoms with Gasteiger partial charge in [0.25, 0.3) is 5.91 Å². The first kappa shape index (κ1) is 16.6. The van der Waals surface area contributed by atoms with Crippen LogP contribution in [0.15, 0.2) is 54.7 Å². The molecule has 1 N–H and O–H groups in total. The number of anilines is 1. The van der Waals surface area contributed by atoms with Gasteiger partial charge in [0.1, 0.15) is 0 Å². The van der Waals surface area contributed by atoms with E-state index in [-0.39, 0.29) is 10.9 Å². The molecule has 122 valence electrons. The summed E-state index contributed by atoms with van der Waals surface area (Å²) in [6, 6.07) is 14.8. The second kappa shape index (κ2) is 7.07. The molecule has 4 nitrogen and oxygen atoms in total. The molecule has 24 heavy (non-hydrogen) atoms. The van der Waals surface area contributed by atoms with Crippen molar-refractivity contribution in [2.75, 3.05) is 5.32 Å². The Labute approximate surface area is 150 Å². The Bertz CT molecular complexity index is 889. The van der Waals surface area contributed by atoms with E-state index < -0.39 is 0 Å². The molecule has 1 amide bonds. The van der Waals surface area contributed by atoms with Crippen molar-refractivity contribution in [1.82, 2.24) is 9.78 Å². The Morgan fingerprint density at radius 2 is 1.92 bits per heavy atom. The zero-order chi connectivity index (χ0) is 17.1. The van der Waals surface area contributed by atoms with E-state index in [1.807, 2.05) is 18.3 Å². The van der Waals surface area contributed by atoms with Crippen LogP contribution in [0.1, 0.15) is 21.5 Å². The minimum Gasteiger partial charge on any atom is -0.305 e. The standard InChI is InChI=1S/C18H15Cl2N3O/c1-12-5-2-3-6-13(12)11-23-10-9-16(22-23)21-18(24)14-7-4-8-15(19)17(14)20/h2-10H,11H2,1H3,(H,21,22,24). The maximum atomic E-state index is 12.3. The molecule has 0 unspecified atom stereocenters. The summed E-state index contributed by atoms with van der Waals surface area (Å²) >= 11 is 12.0. The van der Waals surface area contributed by atoms with Crippen LogP contribution in [0.4, 0.5) is 5.82 Å². The molecule has 2 aromatic carbocycles. The molecule has 0 spiro atoms. The van der Waals surface area contributed by atoms with Gasteiger partial charge >= 0.3 is 0 Å². The van der Waals surface area contributed by atoms with Gasteiger partial charge in [0, 0.05) is 12.3 Å². The van der Waals surface area contributed by atoms with Gasteiger partial charge in [-0.1, -0.05) is 53.5 Å². The molecule has 0 saturated heterocycles. The molecule has 1 aromatic heterocycles. The molecule has 0 aliphatic rings. The van der Waals surface area contributed by atoms with E-state index in [1.165, 1.54) is 11.1 Å². The minimum atomic E-state index is -0.344. The van der Waals surface area contributed by atoms with Gasteiger partial charge in [-0.15, -0.1) is 0 Å². The Kier molecular flexibility index (Phi) is 4.88. The van der Waals surface area contributed by atoms with Crippen molar-refractivity contribution in [3.8, 4) is 0 Å². The predicted octanol–water partition coefficient (Wildman–Crippen LogP) is 4.80. The molecular weight excluding hydrogens is 345 g/mol. The fraction of sp³-hybridized carbons (Fsp3) is 0.111. The van der Waals surface area contributed by atoms with Crippen molar-refractivity contribution < 1.29 is 4.79 Å². The third kappa shape index (κ3) is 3.61. The summed E-state index contributed by atoms with van der Waals surface area (Å²) < 4.78 is 1.78. The molecule has 0 atom stereocenters. The summed E-state index contributed by atoms with van der Waals surface area (Å²) in [5.74, 6) is 0.119. The summed E-state index contributed by atoms with van der Waals surface area (Å²) in [5, 5.41) is 7.68. The van der Waals surface area contributed by atoms with Gasteiger partial charge in [-0.05, 0) is 30.2 Å². The van der Waals surface area contributed by atoms with Crippen LogP contribution in [-0.4, -0.2) is 15.7 Å². The van der Waals surface area contributed by atoms with Crippen LogP contribution in [0.3, 0.4) is 0 Å². The van der Waals surface area contributed by atoms with Crippen LogP contribution >= 0.6 is 23.2 Å². The molecule has 0 fully saturated rings. The largest absolute Gasteiger partial charge is 0.305 e. The highest BCUT2D eigenvalue weighted by Crippen LogP contribution is 2.26. The van der Waals surface area contributed by atoms with Crippen molar-refractivity contribution in [1.29, 1.82) is 0 Å². The second-order valence-electron chi connectivity index (χ2n) is 5.38. The number of amides is 1. The van der Waals surface area contributed by atoms with Crippen LogP contribution in [-0.2, 0) is 6.54 Å². The highest BCUT2D eigenvalue weighted by molar-refractivity contribution is 6.44. The van der Waals surface area contributed by atoms with Crippen LogP contribution in [0.25, 0.3) is 0 Å². The van der Waals surface area contributed by atoms with Gasteiger partial charge < -0.3 is 5.32 Å². The summed E-state index contributed by atoms with van der Waals surface area (Å²) in [5.41, 5.74) is 2.69. The van der Waals surface area contributed by atoms with Gasteiger partial charge in [0.2, 0.25) is 0 Å². The Morgan fingerprint density at radius 3 is 2.71 bits per heavy atom. The van der Waals surface area contributed by atoms with Crippen molar-refractivity contribution in [3.05, 3.63) is 81.5 Å². The zero-order valence-corrected chi connectivity index (χ0v) is 14.5. The molecule has 0 radical (unpaired) electrons. The third-order valence-electron chi connectivity index (χ3n) is 3.67. The monoisotopic (exact) mass is 359 g/mol. The Balaban J connectivity index is 1.73. The topological polar surface area (TPSA) is 46.9 Å². The smallest absolute Gasteiger partial charge is 0.258 e. The molecule has 0 aliphatic heterocycles. The lowest BCUT2D eigenvalue weighted by atomic mass is 10.1. The number of aromatic nitrogens is 2. The maximum Gasteiger partial charge on any atom is 0.258 e. The zero-order valence-electron chi connectivity index (χ0n) is 13.0. The molecule has 1 heterocycles. The highest BCUT2D eigenvalue weighted by atomic mass is 35.5. The quantitative estimate of drug-likeness (QED) is 0.727. The number of nitrogens with one attached hydrogen (secondary N) is 1. The molecule has 0 saturated carbocycles. The number of rotatable bonds is 4. The SMILES string of the molecule is Cc1ccccc1Cn1ccc(NC(=O)c2cccc(Cl)c2Cl)n1. The van der Waals surface area contributed by atoms with E-state index >= 15 is 0 Å². The lowest BCUT2D eigenvalue weighted by Gasteiger charge is -2.06. The van der Waals surface area contributed by atoms with Gasteiger partial charge in [-0.3, -0.25) is 9.48 Å². The van der Waals surface area contributed by atoms with Gasteiger partial charge in [0.05, 0.1) is 22.2 Å². The summed E-state index contributed by atoms with van der Waals surface area (Å²) in [6.45, 7) is 2.70. The van der Waals surface area contributed by atoms with Crippen molar-refractivity contribution >= 4 is 34.9 Å². The lowest BCUT2D eigenvalue weighted by Crippen LogP contribution is -2.13. The number of halogens is 2. The molecular formula is C18H15Cl2N3O. The van der Waals surface area contributed by atoms with Crippen molar-refractivity contribution in [2.24, 2.45) is 0 Å². The number of aryl methyl sites for hydroxylation is 1. The molecule has 3 aromatic rings. The minimum absolute atomic E-state index is 0.232. The summed E-state index contributed by atoms with van der Waals surface area (Å²) in [7, 11) is 0. The second-order valence-corrected chi connectivity index (χ2v) is 6.17. The van der Waals surface area contributed by atoms with E-state index in [4.69, 9.17) is 23.2 Å². The van der Waals surface area contributed by atoms with Gasteiger partial charge in [0.15, 0.2) is 5.82 Å². The fourth-order valence-electron chi connectivity index (χ4n) is 2.34. The lowest BCUT2D eigenvalue weighted by molar-refractivity contribution is 0.102. The number of carbonyl (C=O) groups excluding carboxylic acids is 1. The first-order valence-electron chi connectivity index (χ1n) is 7.38. The third-order valence-corrected chi connectivity index (χ3v) is 4.49. The summed E-state index contributed by atoms with van der Waals surface area (Å²) in [6.07, 6.45) is 1.82. The molecule has 6 heteroatoms. The highest BCUT2D eigenvalue weighted by Gasteiger charge is 2.14. The van der Waals surface area contributed by atoms with Crippen LogP contribution < -0.4 is 5.32 Å². The predicted molar refractivity (Wildman–Crippen MR) is 96.9 cm³/mol. The first-order chi connectivity index (χ1) is 11.5. The number of benzene rings is 2.